The van der Waals surface area contributed by atoms with Crippen molar-refractivity contribution in [3.63, 3.8) is 0 Å². The number of furan rings is 1. The van der Waals surface area contributed by atoms with Crippen LogP contribution in [0.3, 0.4) is 0 Å². The van der Waals surface area contributed by atoms with Crippen LogP contribution in [0.25, 0.3) is 65.4 Å². The van der Waals surface area contributed by atoms with Crippen molar-refractivity contribution in [3.8, 4) is 11.1 Å². The maximum absolute atomic E-state index is 6.35. The van der Waals surface area contributed by atoms with E-state index in [9.17, 15) is 0 Å². The van der Waals surface area contributed by atoms with Crippen LogP contribution < -0.4 is 5.32 Å². The van der Waals surface area contributed by atoms with Crippen molar-refractivity contribution in [1.29, 1.82) is 0 Å². The summed E-state index contributed by atoms with van der Waals surface area (Å²) < 4.78 is 6.35. The molecule has 5 nitrogen and oxygen atoms in total. The molecule has 1 aliphatic rings. The van der Waals surface area contributed by atoms with Crippen molar-refractivity contribution in [1.82, 2.24) is 10.3 Å². The lowest BCUT2D eigenvalue weighted by atomic mass is 9.94. The third kappa shape index (κ3) is 4.67. The van der Waals surface area contributed by atoms with Crippen molar-refractivity contribution < 1.29 is 4.42 Å². The summed E-state index contributed by atoms with van der Waals surface area (Å²) in [5, 5.41) is 12.8. The Labute approximate surface area is 281 Å². The monoisotopic (exact) mass is 628 g/mol. The number of nitrogens with one attached hydrogen (secondary N) is 1. The fraction of sp³-hybridized carbons (Fsp3) is 0.0227. The average Bonchev–Trinajstić information content (AvgIpc) is 3.54. The second-order valence-electron chi connectivity index (χ2n) is 12.5. The van der Waals surface area contributed by atoms with E-state index in [2.05, 4.69) is 138 Å². The number of aromatic nitrogens is 1. The molecule has 0 radical (unpaired) electrons. The number of nitrogens with zero attached hydrogens (tertiary/aromatic N) is 3. The molecular formula is C44H28N4O. The van der Waals surface area contributed by atoms with Gasteiger partial charge in [0.1, 0.15) is 17.6 Å². The Balaban J connectivity index is 1.09. The molecule has 0 fully saturated rings. The second-order valence-corrected chi connectivity index (χ2v) is 12.5. The summed E-state index contributed by atoms with van der Waals surface area (Å²) >= 11 is 0. The minimum absolute atomic E-state index is 0.288. The van der Waals surface area contributed by atoms with Gasteiger partial charge >= 0.3 is 0 Å². The first-order valence-corrected chi connectivity index (χ1v) is 16.4. The molecule has 0 amide bonds. The summed E-state index contributed by atoms with van der Waals surface area (Å²) in [6.45, 7) is 0. The standard InChI is InChI=1S/C44H28N4O/c1-2-10-28(11-3-1)42-46-43(33-18-17-27-9-4-5-12-29(27)21-33)48-44(47-42)34-19-20-35-32(22-34)15-8-16-36(35)38-25-45-26-40-41(38)37-23-30-13-6-7-14-31(30)24-39(37)49-40/h1-26,43H,(H,46,47,48). The highest BCUT2D eigenvalue weighted by atomic mass is 16.3. The van der Waals surface area contributed by atoms with E-state index in [1.165, 1.54) is 16.2 Å². The first kappa shape index (κ1) is 27.5. The highest BCUT2D eigenvalue weighted by Gasteiger charge is 2.22. The third-order valence-corrected chi connectivity index (χ3v) is 9.56. The smallest absolute Gasteiger partial charge is 0.159 e. The Kier molecular flexibility index (Phi) is 6.18. The number of aliphatic imine (C=N–C) groups is 2. The van der Waals surface area contributed by atoms with Crippen LogP contribution in [0.1, 0.15) is 22.9 Å². The maximum Gasteiger partial charge on any atom is 0.159 e. The van der Waals surface area contributed by atoms with Gasteiger partial charge in [0.25, 0.3) is 0 Å². The molecule has 7 aromatic carbocycles. The van der Waals surface area contributed by atoms with Crippen LogP contribution >= 0.6 is 0 Å². The molecule has 0 saturated carbocycles. The van der Waals surface area contributed by atoms with E-state index in [1.807, 2.05) is 30.6 Å². The van der Waals surface area contributed by atoms with Crippen molar-refractivity contribution in [2.45, 2.75) is 6.17 Å². The Morgan fingerprint density at radius 1 is 0.510 bits per heavy atom. The Morgan fingerprint density at radius 3 is 2.12 bits per heavy atom. The molecule has 1 N–H and O–H groups in total. The summed E-state index contributed by atoms with van der Waals surface area (Å²) in [6, 6.07) is 50.9. The molecule has 3 heterocycles. The zero-order chi connectivity index (χ0) is 32.3. The van der Waals surface area contributed by atoms with Crippen LogP contribution in [-0.4, -0.2) is 16.7 Å². The predicted molar refractivity (Wildman–Crippen MR) is 201 cm³/mol. The Hall–Kier alpha value is -6.59. The van der Waals surface area contributed by atoms with Crippen LogP contribution in [-0.2, 0) is 0 Å². The molecule has 5 heteroatoms. The molecule has 1 unspecified atom stereocenters. The fourth-order valence-electron chi connectivity index (χ4n) is 7.15. The van der Waals surface area contributed by atoms with E-state index in [0.29, 0.717) is 5.84 Å². The Morgan fingerprint density at radius 2 is 1.27 bits per heavy atom. The SMILES string of the molecule is c1ccc(C2=NC(c3ccc4ccccc4c3)NC(c3ccc4c(-c5cncc6oc7cc8ccccc8cc7c56)cccc4c3)=N2)cc1. The van der Waals surface area contributed by atoms with Gasteiger partial charge in [0.15, 0.2) is 11.4 Å². The molecule has 0 bridgehead atoms. The molecular weight excluding hydrogens is 601 g/mol. The quantitative estimate of drug-likeness (QED) is 0.211. The predicted octanol–water partition coefficient (Wildman–Crippen LogP) is 10.6. The number of hydrogen-bond donors (Lipinski definition) is 1. The minimum atomic E-state index is -0.288. The van der Waals surface area contributed by atoms with Gasteiger partial charge < -0.3 is 9.73 Å². The number of hydrogen-bond acceptors (Lipinski definition) is 5. The van der Waals surface area contributed by atoms with Gasteiger partial charge in [0, 0.05) is 33.7 Å². The van der Waals surface area contributed by atoms with Gasteiger partial charge in [-0.05, 0) is 67.7 Å². The summed E-state index contributed by atoms with van der Waals surface area (Å²) in [5.41, 5.74) is 6.87. The van der Waals surface area contributed by atoms with Gasteiger partial charge in [0.05, 0.1) is 6.20 Å². The molecule has 9 aromatic rings. The van der Waals surface area contributed by atoms with Gasteiger partial charge in [0.2, 0.25) is 0 Å². The van der Waals surface area contributed by atoms with Crippen LogP contribution in [0.4, 0.5) is 0 Å². The lowest BCUT2D eigenvalue weighted by Gasteiger charge is -2.24. The summed E-state index contributed by atoms with van der Waals surface area (Å²) in [6.07, 6.45) is 3.49. The molecule has 0 spiro atoms. The van der Waals surface area contributed by atoms with Crippen LogP contribution in [0, 0.1) is 0 Å². The third-order valence-electron chi connectivity index (χ3n) is 9.56. The highest BCUT2D eigenvalue weighted by Crippen LogP contribution is 2.40. The van der Waals surface area contributed by atoms with Gasteiger partial charge in [-0.3, -0.25) is 4.98 Å². The summed E-state index contributed by atoms with van der Waals surface area (Å²) in [7, 11) is 0. The lowest BCUT2D eigenvalue weighted by Crippen LogP contribution is -2.33. The van der Waals surface area contributed by atoms with Gasteiger partial charge in [-0.1, -0.05) is 121 Å². The molecule has 2 aromatic heterocycles. The minimum Gasteiger partial charge on any atom is -0.454 e. The number of fused-ring (bicyclic) bond motifs is 6. The molecule has 0 aliphatic carbocycles. The largest absolute Gasteiger partial charge is 0.454 e. The van der Waals surface area contributed by atoms with E-state index in [0.717, 1.165) is 71.8 Å². The normalized spacial score (nSPS) is 14.7. The molecule has 0 saturated heterocycles. The number of rotatable bonds is 4. The van der Waals surface area contributed by atoms with E-state index in [1.54, 1.807) is 0 Å². The zero-order valence-corrected chi connectivity index (χ0v) is 26.3. The van der Waals surface area contributed by atoms with Gasteiger partial charge in [-0.2, -0.15) is 0 Å². The topological polar surface area (TPSA) is 62.8 Å². The van der Waals surface area contributed by atoms with Crippen LogP contribution in [0.5, 0.6) is 0 Å². The second kappa shape index (κ2) is 11.0. The summed E-state index contributed by atoms with van der Waals surface area (Å²) in [4.78, 5) is 14.8. The molecule has 1 atom stereocenters. The summed E-state index contributed by atoms with van der Waals surface area (Å²) in [5.74, 6) is 1.49. The van der Waals surface area contributed by atoms with Crippen LogP contribution in [0.2, 0.25) is 0 Å². The van der Waals surface area contributed by atoms with E-state index < -0.39 is 0 Å². The first-order valence-electron chi connectivity index (χ1n) is 16.4. The zero-order valence-electron chi connectivity index (χ0n) is 26.3. The maximum atomic E-state index is 6.35. The van der Waals surface area contributed by atoms with E-state index in [4.69, 9.17) is 14.4 Å². The van der Waals surface area contributed by atoms with Crippen molar-refractivity contribution >= 4 is 65.9 Å². The number of amidine groups is 2. The lowest BCUT2D eigenvalue weighted by molar-refractivity contribution is 0.667. The Bertz CT molecular complexity index is 2810. The molecule has 230 valence electrons. The van der Waals surface area contributed by atoms with Gasteiger partial charge in [-0.25, -0.2) is 9.98 Å². The van der Waals surface area contributed by atoms with Crippen molar-refractivity contribution in [2.75, 3.05) is 0 Å². The average molecular weight is 629 g/mol. The number of benzene rings is 7. The van der Waals surface area contributed by atoms with Gasteiger partial charge in [-0.15, -0.1) is 0 Å². The molecule has 49 heavy (non-hydrogen) atoms. The molecule has 1 aliphatic heterocycles. The van der Waals surface area contributed by atoms with Crippen LogP contribution in [0.15, 0.2) is 172 Å². The van der Waals surface area contributed by atoms with Crippen molar-refractivity contribution in [2.24, 2.45) is 9.98 Å². The van der Waals surface area contributed by atoms with E-state index >= 15 is 0 Å². The number of pyridine rings is 1. The van der Waals surface area contributed by atoms with Crippen molar-refractivity contribution in [3.05, 3.63) is 175 Å². The van der Waals surface area contributed by atoms with E-state index in [-0.39, 0.29) is 6.17 Å². The molecule has 10 rings (SSSR count). The fourth-order valence-corrected chi connectivity index (χ4v) is 7.15. The highest BCUT2D eigenvalue weighted by molar-refractivity contribution is 6.18. The first-order chi connectivity index (χ1) is 24.2.